The lowest BCUT2D eigenvalue weighted by Crippen LogP contribution is -2.53. The van der Waals surface area contributed by atoms with E-state index < -0.39 is 36.1 Å². The van der Waals surface area contributed by atoms with Crippen LogP contribution in [0.5, 0.6) is 0 Å². The van der Waals surface area contributed by atoms with Crippen molar-refractivity contribution < 1.29 is 38.2 Å². The molecule has 0 spiro atoms. The van der Waals surface area contributed by atoms with Gasteiger partial charge in [-0.25, -0.2) is 14.0 Å². The van der Waals surface area contributed by atoms with E-state index in [4.69, 9.17) is 4.65 Å². The second-order valence-electron chi connectivity index (χ2n) is 6.44. The molecule has 0 heterocycles. The average molecular weight is 356 g/mol. The van der Waals surface area contributed by atoms with Gasteiger partial charge in [0.15, 0.2) is 0 Å². The number of aliphatic hydroxyl groups is 1. The number of ether oxygens (including phenoxy) is 2. The molecule has 0 bridgehead atoms. The number of benzene rings is 1. The Morgan fingerprint density at radius 3 is 1.88 bits per heavy atom. The van der Waals surface area contributed by atoms with Crippen molar-refractivity contribution in [2.75, 3.05) is 14.2 Å². The molecule has 0 aliphatic carbocycles. The zero-order chi connectivity index (χ0) is 19.6. The van der Waals surface area contributed by atoms with Crippen molar-refractivity contribution >= 4 is 24.5 Å². The van der Waals surface area contributed by atoms with Crippen molar-refractivity contribution in [1.29, 1.82) is 0 Å². The van der Waals surface area contributed by atoms with Gasteiger partial charge in [0.05, 0.1) is 36.5 Å². The molecule has 0 aromatic heterocycles. The zero-order valence-corrected chi connectivity index (χ0v) is 15.0. The third-order valence-electron chi connectivity index (χ3n) is 4.09. The van der Waals surface area contributed by atoms with E-state index in [1.165, 1.54) is 27.7 Å². The highest BCUT2D eigenvalue weighted by molar-refractivity contribution is 6.60. The van der Waals surface area contributed by atoms with Gasteiger partial charge in [0.2, 0.25) is 0 Å². The standard InChI is InChI=1S/C16H22BFO7/c1-15(2,21)16(3,4)25-17(22)11-7-9(13(19)23-5)10(8-12(11)18)14(20)24-6/h7-8,21-22H,1-6H3. The quantitative estimate of drug-likeness (QED) is 0.570. The van der Waals surface area contributed by atoms with E-state index in [-0.39, 0.29) is 16.6 Å². The molecule has 25 heavy (non-hydrogen) atoms. The van der Waals surface area contributed by atoms with Crippen LogP contribution in [-0.2, 0) is 14.1 Å². The molecular formula is C16H22BFO7. The number of hydrogen-bond acceptors (Lipinski definition) is 7. The van der Waals surface area contributed by atoms with Gasteiger partial charge in [-0.05, 0) is 39.8 Å². The third-order valence-corrected chi connectivity index (χ3v) is 4.09. The number of esters is 2. The zero-order valence-electron chi connectivity index (χ0n) is 15.0. The van der Waals surface area contributed by atoms with Gasteiger partial charge in [-0.1, -0.05) is 0 Å². The molecule has 9 heteroatoms. The lowest BCUT2D eigenvalue weighted by atomic mass is 9.75. The van der Waals surface area contributed by atoms with Crippen LogP contribution in [0.4, 0.5) is 4.39 Å². The summed E-state index contributed by atoms with van der Waals surface area (Å²) in [5.74, 6) is -2.82. The largest absolute Gasteiger partial charge is 0.494 e. The van der Waals surface area contributed by atoms with Crippen LogP contribution in [0.25, 0.3) is 0 Å². The molecule has 7 nitrogen and oxygen atoms in total. The summed E-state index contributed by atoms with van der Waals surface area (Å²) < 4.78 is 28.8. The van der Waals surface area contributed by atoms with E-state index in [1.54, 1.807) is 0 Å². The molecule has 1 aromatic carbocycles. The van der Waals surface area contributed by atoms with Crippen LogP contribution in [0.15, 0.2) is 12.1 Å². The van der Waals surface area contributed by atoms with E-state index in [0.717, 1.165) is 26.4 Å². The highest BCUT2D eigenvalue weighted by Gasteiger charge is 2.40. The number of carbonyl (C=O) groups excluding carboxylic acids is 2. The summed E-state index contributed by atoms with van der Waals surface area (Å²) in [6.45, 7) is 5.96. The van der Waals surface area contributed by atoms with Gasteiger partial charge in [0.1, 0.15) is 5.82 Å². The monoisotopic (exact) mass is 356 g/mol. The maximum absolute atomic E-state index is 14.4. The molecule has 2 N–H and O–H groups in total. The van der Waals surface area contributed by atoms with Crippen LogP contribution in [-0.4, -0.2) is 54.6 Å². The van der Waals surface area contributed by atoms with Gasteiger partial charge in [-0.15, -0.1) is 0 Å². The second kappa shape index (κ2) is 7.51. The van der Waals surface area contributed by atoms with Crippen molar-refractivity contribution in [1.82, 2.24) is 0 Å². The summed E-state index contributed by atoms with van der Waals surface area (Å²) in [7, 11) is 0.381. The number of methoxy groups -OCH3 is 2. The molecule has 0 fully saturated rings. The molecule has 0 saturated carbocycles. The van der Waals surface area contributed by atoms with Crippen LogP contribution in [0.2, 0.25) is 0 Å². The van der Waals surface area contributed by atoms with E-state index in [0.29, 0.717) is 0 Å². The minimum absolute atomic E-state index is 0.283. The first-order chi connectivity index (χ1) is 11.4. The summed E-state index contributed by atoms with van der Waals surface area (Å²) in [5.41, 5.74) is -3.60. The highest BCUT2D eigenvalue weighted by Crippen LogP contribution is 2.25. The smallest absolute Gasteiger partial charge is 0.465 e. The molecule has 0 amide bonds. The number of rotatable bonds is 6. The molecule has 1 aromatic rings. The Bertz CT molecular complexity index is 667. The molecule has 0 aliphatic heterocycles. The molecule has 0 radical (unpaired) electrons. The Labute approximate surface area is 145 Å². The van der Waals surface area contributed by atoms with Crippen LogP contribution < -0.4 is 5.46 Å². The summed E-state index contributed by atoms with van der Waals surface area (Å²) in [6, 6.07) is 1.72. The topological polar surface area (TPSA) is 102 Å². The minimum Gasteiger partial charge on any atom is -0.465 e. The van der Waals surface area contributed by atoms with E-state index in [2.05, 4.69) is 9.47 Å². The molecule has 0 aliphatic rings. The van der Waals surface area contributed by atoms with Crippen molar-refractivity contribution in [2.45, 2.75) is 38.9 Å². The maximum atomic E-state index is 14.4. The summed E-state index contributed by atoms with van der Waals surface area (Å²) in [6.07, 6.45) is 0. The molecular weight excluding hydrogens is 334 g/mol. The Morgan fingerprint density at radius 1 is 1.04 bits per heavy atom. The number of carbonyl (C=O) groups is 2. The van der Waals surface area contributed by atoms with Crippen molar-refractivity contribution in [3.05, 3.63) is 29.1 Å². The Balaban J connectivity index is 3.37. The fourth-order valence-electron chi connectivity index (χ4n) is 1.82. The molecule has 0 atom stereocenters. The fraction of sp³-hybridized carbons (Fsp3) is 0.500. The Kier molecular flexibility index (Phi) is 6.33. The van der Waals surface area contributed by atoms with Gasteiger partial charge in [0.25, 0.3) is 0 Å². The van der Waals surface area contributed by atoms with Crippen LogP contribution in [0.1, 0.15) is 48.4 Å². The van der Waals surface area contributed by atoms with Crippen LogP contribution >= 0.6 is 0 Å². The lowest BCUT2D eigenvalue weighted by Gasteiger charge is -2.38. The van der Waals surface area contributed by atoms with Crippen LogP contribution in [0.3, 0.4) is 0 Å². The Morgan fingerprint density at radius 2 is 1.48 bits per heavy atom. The van der Waals surface area contributed by atoms with Gasteiger partial charge in [-0.2, -0.15) is 0 Å². The summed E-state index contributed by atoms with van der Waals surface area (Å²) in [5, 5.41) is 20.3. The van der Waals surface area contributed by atoms with E-state index in [1.807, 2.05) is 0 Å². The maximum Gasteiger partial charge on any atom is 0.494 e. The first kappa shape index (κ1) is 21.1. The fourth-order valence-corrected chi connectivity index (χ4v) is 1.82. The average Bonchev–Trinajstić information content (AvgIpc) is 2.51. The number of halogens is 1. The first-order valence-corrected chi connectivity index (χ1v) is 7.44. The van der Waals surface area contributed by atoms with Gasteiger partial charge in [0, 0.05) is 5.46 Å². The molecule has 0 saturated heterocycles. The van der Waals surface area contributed by atoms with E-state index >= 15 is 0 Å². The van der Waals surface area contributed by atoms with Gasteiger partial charge >= 0.3 is 19.1 Å². The predicted molar refractivity (Wildman–Crippen MR) is 88.1 cm³/mol. The predicted octanol–water partition coefficient (Wildman–Crippen LogP) is 0.652. The van der Waals surface area contributed by atoms with E-state index in [9.17, 15) is 24.1 Å². The van der Waals surface area contributed by atoms with Gasteiger partial charge in [-0.3, -0.25) is 0 Å². The molecule has 1 rings (SSSR count). The molecule has 0 unspecified atom stereocenters. The summed E-state index contributed by atoms with van der Waals surface area (Å²) in [4.78, 5) is 23.6. The third kappa shape index (κ3) is 4.56. The van der Waals surface area contributed by atoms with Crippen molar-refractivity contribution in [3.63, 3.8) is 0 Å². The lowest BCUT2D eigenvalue weighted by molar-refractivity contribution is -0.0983. The van der Waals surface area contributed by atoms with Gasteiger partial charge < -0.3 is 24.3 Å². The van der Waals surface area contributed by atoms with Crippen molar-refractivity contribution in [3.8, 4) is 0 Å². The first-order valence-electron chi connectivity index (χ1n) is 7.44. The van der Waals surface area contributed by atoms with Crippen LogP contribution in [0, 0.1) is 5.82 Å². The van der Waals surface area contributed by atoms with Crippen molar-refractivity contribution in [2.24, 2.45) is 0 Å². The highest BCUT2D eigenvalue weighted by atomic mass is 19.1. The molecule has 138 valence electrons. The minimum atomic E-state index is -1.79. The normalized spacial score (nSPS) is 11.9. The second-order valence-corrected chi connectivity index (χ2v) is 6.44. The number of hydrogen-bond donors (Lipinski definition) is 2. The Hall–Kier alpha value is -1.97. The summed E-state index contributed by atoms with van der Waals surface area (Å²) >= 11 is 0. The SMILES string of the molecule is COC(=O)c1cc(F)c(B(O)OC(C)(C)C(C)(C)O)cc1C(=O)OC.